The van der Waals surface area contributed by atoms with Crippen molar-refractivity contribution in [2.75, 3.05) is 18.0 Å². The number of anilines is 1. The van der Waals surface area contributed by atoms with Gasteiger partial charge in [-0.15, -0.1) is 12.4 Å². The van der Waals surface area contributed by atoms with Crippen LogP contribution in [0.15, 0.2) is 24.3 Å². The quantitative estimate of drug-likeness (QED) is 0.757. The number of hydrogen-bond acceptors (Lipinski definition) is 4. The molecular weight excluding hydrogens is 354 g/mol. The molecule has 2 unspecified atom stereocenters. The number of amides is 2. The van der Waals surface area contributed by atoms with Crippen molar-refractivity contribution in [3.63, 3.8) is 0 Å². The number of benzene rings is 1. The maximum atomic E-state index is 12.4. The summed E-state index contributed by atoms with van der Waals surface area (Å²) < 4.78 is 5.61. The molecule has 2 atom stereocenters. The first kappa shape index (κ1) is 22.3. The van der Waals surface area contributed by atoms with E-state index in [1.165, 1.54) is 0 Å². The van der Waals surface area contributed by atoms with Crippen LogP contribution < -0.4 is 20.7 Å². The molecule has 7 heteroatoms. The Morgan fingerprint density at radius 2 is 2.04 bits per heavy atom. The lowest BCUT2D eigenvalue weighted by molar-refractivity contribution is -0.126. The molecule has 0 fully saturated rings. The second-order valence-corrected chi connectivity index (χ2v) is 7.38. The minimum absolute atomic E-state index is 0. The average Bonchev–Trinajstić information content (AvgIpc) is 2.54. The fourth-order valence-corrected chi connectivity index (χ4v) is 3.29. The highest BCUT2D eigenvalue weighted by atomic mass is 35.5. The Kier molecular flexibility index (Phi) is 7.90. The second kappa shape index (κ2) is 9.24. The van der Waals surface area contributed by atoms with Gasteiger partial charge in [0.1, 0.15) is 5.75 Å². The highest BCUT2D eigenvalue weighted by molar-refractivity contribution is 6.00. The molecule has 0 spiro atoms. The SMILES string of the molecule is CC(C)CC(C)(CN)NC(=O)CCN1C(=O)C(C)Oc2ccccc21.Cl. The first-order chi connectivity index (χ1) is 11.8. The number of fused-ring (bicyclic) bond motifs is 1. The van der Waals surface area contributed by atoms with Crippen LogP contribution in [0.4, 0.5) is 5.69 Å². The third kappa shape index (κ3) is 5.35. The molecule has 0 saturated heterocycles. The van der Waals surface area contributed by atoms with Crippen LogP contribution in [0.3, 0.4) is 0 Å². The monoisotopic (exact) mass is 383 g/mol. The molecule has 0 aliphatic carbocycles. The molecule has 26 heavy (non-hydrogen) atoms. The van der Waals surface area contributed by atoms with E-state index < -0.39 is 11.6 Å². The van der Waals surface area contributed by atoms with Gasteiger partial charge in [0.2, 0.25) is 5.91 Å². The Balaban J connectivity index is 0.00000338. The zero-order valence-corrected chi connectivity index (χ0v) is 16.8. The molecule has 1 aliphatic rings. The lowest BCUT2D eigenvalue weighted by atomic mass is 9.90. The van der Waals surface area contributed by atoms with E-state index >= 15 is 0 Å². The van der Waals surface area contributed by atoms with Gasteiger partial charge in [-0.05, 0) is 38.3 Å². The van der Waals surface area contributed by atoms with Crippen LogP contribution >= 0.6 is 12.4 Å². The van der Waals surface area contributed by atoms with Crippen molar-refractivity contribution in [1.82, 2.24) is 5.32 Å². The predicted molar refractivity (Wildman–Crippen MR) is 106 cm³/mol. The number of hydrogen-bond donors (Lipinski definition) is 2. The van der Waals surface area contributed by atoms with E-state index in [1.807, 2.05) is 31.2 Å². The largest absolute Gasteiger partial charge is 0.479 e. The first-order valence-corrected chi connectivity index (χ1v) is 8.84. The topological polar surface area (TPSA) is 84.7 Å². The van der Waals surface area contributed by atoms with Crippen LogP contribution in [0.5, 0.6) is 5.75 Å². The zero-order chi connectivity index (χ0) is 18.6. The summed E-state index contributed by atoms with van der Waals surface area (Å²) in [6.45, 7) is 8.59. The highest BCUT2D eigenvalue weighted by Gasteiger charge is 2.32. The molecule has 0 radical (unpaired) electrons. The summed E-state index contributed by atoms with van der Waals surface area (Å²) >= 11 is 0. The van der Waals surface area contributed by atoms with Gasteiger partial charge in [-0.25, -0.2) is 0 Å². The Morgan fingerprint density at radius 1 is 1.38 bits per heavy atom. The van der Waals surface area contributed by atoms with Gasteiger partial charge < -0.3 is 20.7 Å². The van der Waals surface area contributed by atoms with Crippen molar-refractivity contribution in [2.24, 2.45) is 11.7 Å². The van der Waals surface area contributed by atoms with Crippen molar-refractivity contribution < 1.29 is 14.3 Å². The van der Waals surface area contributed by atoms with Gasteiger partial charge >= 0.3 is 0 Å². The lowest BCUT2D eigenvalue weighted by Crippen LogP contribution is -2.53. The Morgan fingerprint density at radius 3 is 2.65 bits per heavy atom. The van der Waals surface area contributed by atoms with Crippen molar-refractivity contribution >= 4 is 29.9 Å². The molecule has 0 bridgehead atoms. The Labute approximate surface area is 161 Å². The van der Waals surface area contributed by atoms with E-state index in [9.17, 15) is 9.59 Å². The number of nitrogens with one attached hydrogen (secondary N) is 1. The van der Waals surface area contributed by atoms with E-state index in [-0.39, 0.29) is 30.6 Å². The van der Waals surface area contributed by atoms with Gasteiger partial charge in [0.05, 0.1) is 5.69 Å². The standard InChI is InChI=1S/C19H29N3O3.ClH/c1-13(2)11-19(4,12-20)21-17(23)9-10-22-15-7-5-6-8-16(15)25-14(3)18(22)24;/h5-8,13-14H,9-12,20H2,1-4H3,(H,21,23);1H. The third-order valence-corrected chi connectivity index (χ3v) is 4.39. The zero-order valence-electron chi connectivity index (χ0n) is 16.0. The van der Waals surface area contributed by atoms with Crippen LogP contribution in [0.25, 0.3) is 0 Å². The van der Waals surface area contributed by atoms with Crippen LogP contribution in [0, 0.1) is 5.92 Å². The van der Waals surface area contributed by atoms with Crippen molar-refractivity contribution in [1.29, 1.82) is 0 Å². The number of para-hydroxylation sites is 2. The number of nitrogens with two attached hydrogens (primary N) is 1. The molecule has 1 aliphatic heterocycles. The van der Waals surface area contributed by atoms with E-state index in [0.29, 0.717) is 30.4 Å². The Bertz CT molecular complexity index is 638. The van der Waals surface area contributed by atoms with Gasteiger partial charge in [0.25, 0.3) is 5.91 Å². The molecule has 6 nitrogen and oxygen atoms in total. The molecule has 2 amide bonds. The summed E-state index contributed by atoms with van der Waals surface area (Å²) in [4.78, 5) is 26.5. The van der Waals surface area contributed by atoms with E-state index in [2.05, 4.69) is 19.2 Å². The van der Waals surface area contributed by atoms with Crippen molar-refractivity contribution in [3.8, 4) is 5.75 Å². The lowest BCUT2D eigenvalue weighted by Gasteiger charge is -2.34. The fraction of sp³-hybridized carbons (Fsp3) is 0.579. The number of carbonyl (C=O) groups excluding carboxylic acids is 2. The summed E-state index contributed by atoms with van der Waals surface area (Å²) in [5.41, 5.74) is 6.14. The van der Waals surface area contributed by atoms with Crippen molar-refractivity contribution in [3.05, 3.63) is 24.3 Å². The van der Waals surface area contributed by atoms with E-state index in [0.717, 1.165) is 6.42 Å². The van der Waals surface area contributed by atoms with E-state index in [4.69, 9.17) is 10.5 Å². The minimum atomic E-state index is -0.548. The summed E-state index contributed by atoms with van der Waals surface area (Å²) in [5, 5.41) is 3.03. The smallest absolute Gasteiger partial charge is 0.267 e. The van der Waals surface area contributed by atoms with Crippen LogP contribution in [-0.4, -0.2) is 36.5 Å². The maximum Gasteiger partial charge on any atom is 0.267 e. The second-order valence-electron chi connectivity index (χ2n) is 7.38. The minimum Gasteiger partial charge on any atom is -0.479 e. The molecule has 0 saturated carbocycles. The number of rotatable bonds is 7. The summed E-state index contributed by atoms with van der Waals surface area (Å²) in [5.74, 6) is 0.873. The molecule has 2 rings (SSSR count). The van der Waals surface area contributed by atoms with E-state index in [1.54, 1.807) is 11.8 Å². The van der Waals surface area contributed by atoms with Gasteiger partial charge in [-0.2, -0.15) is 0 Å². The Hall–Kier alpha value is -1.79. The third-order valence-electron chi connectivity index (χ3n) is 4.39. The number of nitrogens with zero attached hydrogens (tertiary/aromatic N) is 1. The van der Waals surface area contributed by atoms with Gasteiger partial charge in [-0.1, -0.05) is 26.0 Å². The number of ether oxygens (including phenoxy) is 1. The first-order valence-electron chi connectivity index (χ1n) is 8.84. The maximum absolute atomic E-state index is 12.4. The normalized spacial score (nSPS) is 18.5. The van der Waals surface area contributed by atoms with Crippen LogP contribution in [-0.2, 0) is 9.59 Å². The number of halogens is 1. The van der Waals surface area contributed by atoms with Crippen LogP contribution in [0.1, 0.15) is 40.5 Å². The molecular formula is C19H30ClN3O3. The average molecular weight is 384 g/mol. The summed E-state index contributed by atoms with van der Waals surface area (Å²) in [7, 11) is 0. The summed E-state index contributed by atoms with van der Waals surface area (Å²) in [6.07, 6.45) is 0.486. The highest BCUT2D eigenvalue weighted by Crippen LogP contribution is 2.33. The molecule has 1 aromatic carbocycles. The van der Waals surface area contributed by atoms with Gasteiger partial charge in [0.15, 0.2) is 6.10 Å². The summed E-state index contributed by atoms with van der Waals surface area (Å²) in [6, 6.07) is 7.39. The van der Waals surface area contributed by atoms with Gasteiger partial charge in [-0.3, -0.25) is 9.59 Å². The van der Waals surface area contributed by atoms with Crippen molar-refractivity contribution in [2.45, 2.75) is 52.2 Å². The number of carbonyl (C=O) groups is 2. The molecule has 3 N–H and O–H groups in total. The molecule has 0 aromatic heterocycles. The molecule has 1 heterocycles. The van der Waals surface area contributed by atoms with Gasteiger partial charge in [0, 0.05) is 25.0 Å². The van der Waals surface area contributed by atoms with Crippen LogP contribution in [0.2, 0.25) is 0 Å². The molecule has 146 valence electrons. The fourth-order valence-electron chi connectivity index (χ4n) is 3.29. The predicted octanol–water partition coefficient (Wildman–Crippen LogP) is 2.49. The molecule has 1 aromatic rings.